The second kappa shape index (κ2) is 11.1. The summed E-state index contributed by atoms with van der Waals surface area (Å²) in [5, 5.41) is 3.49. The molecule has 1 aliphatic carbocycles. The van der Waals surface area contributed by atoms with Crippen molar-refractivity contribution in [3.63, 3.8) is 0 Å². The summed E-state index contributed by atoms with van der Waals surface area (Å²) in [7, 11) is 4.36. The number of ether oxygens (including phenoxy) is 1. The normalized spacial score (nSPS) is 19.6. The van der Waals surface area contributed by atoms with Crippen LogP contribution in [0.2, 0.25) is 0 Å². The largest absolute Gasteiger partial charge is 0.490 e. The molecule has 1 N–H and O–H groups in total. The number of aliphatic imine (C=N–C) groups is 1. The molecular formula is C21H35IN4O. The number of hydrogen-bond donors (Lipinski definition) is 1. The molecule has 3 rings (SSSR count). The maximum atomic E-state index is 6.12. The summed E-state index contributed by atoms with van der Waals surface area (Å²) < 4.78 is 6.12. The number of benzene rings is 1. The Kier molecular flexibility index (Phi) is 9.15. The number of likely N-dealkylation sites (N-methyl/N-ethyl adjacent to an activating group) is 1. The molecule has 2 fully saturated rings. The van der Waals surface area contributed by atoms with E-state index in [1.807, 2.05) is 30.3 Å². The fourth-order valence-corrected chi connectivity index (χ4v) is 3.70. The van der Waals surface area contributed by atoms with Gasteiger partial charge in [-0.1, -0.05) is 18.2 Å². The predicted molar refractivity (Wildman–Crippen MR) is 123 cm³/mol. The first-order valence-corrected chi connectivity index (χ1v) is 10.1. The summed E-state index contributed by atoms with van der Waals surface area (Å²) in [6.45, 7) is 5.94. The molecule has 0 aromatic heterocycles. The zero-order chi connectivity index (χ0) is 18.4. The Hall–Kier alpha value is -1.02. The van der Waals surface area contributed by atoms with E-state index < -0.39 is 0 Å². The maximum Gasteiger partial charge on any atom is 0.193 e. The molecule has 0 spiro atoms. The molecule has 1 heterocycles. The third-order valence-corrected chi connectivity index (χ3v) is 5.38. The Morgan fingerprint density at radius 3 is 2.41 bits per heavy atom. The summed E-state index contributed by atoms with van der Waals surface area (Å²) in [4.78, 5) is 9.71. The Morgan fingerprint density at radius 1 is 1.19 bits per heavy atom. The van der Waals surface area contributed by atoms with Gasteiger partial charge in [0.15, 0.2) is 5.96 Å². The van der Waals surface area contributed by atoms with E-state index in [9.17, 15) is 0 Å². The molecule has 1 aromatic rings. The molecule has 1 unspecified atom stereocenters. The maximum absolute atomic E-state index is 6.12. The van der Waals surface area contributed by atoms with Gasteiger partial charge in [0.05, 0.1) is 6.54 Å². The quantitative estimate of drug-likeness (QED) is 0.364. The van der Waals surface area contributed by atoms with Gasteiger partial charge >= 0.3 is 0 Å². The van der Waals surface area contributed by atoms with Gasteiger partial charge in [-0.15, -0.1) is 24.0 Å². The second-order valence-electron chi connectivity index (χ2n) is 7.68. The van der Waals surface area contributed by atoms with Crippen molar-refractivity contribution >= 4 is 29.9 Å². The Morgan fingerprint density at radius 2 is 1.85 bits per heavy atom. The number of guanidine groups is 1. The van der Waals surface area contributed by atoms with Crippen molar-refractivity contribution in [2.24, 2.45) is 10.9 Å². The average molecular weight is 486 g/mol. The van der Waals surface area contributed by atoms with Crippen molar-refractivity contribution in [1.29, 1.82) is 0 Å². The molecule has 1 saturated heterocycles. The first-order valence-electron chi connectivity index (χ1n) is 10.1. The molecule has 5 nitrogen and oxygen atoms in total. The van der Waals surface area contributed by atoms with E-state index in [1.165, 1.54) is 12.8 Å². The van der Waals surface area contributed by atoms with Gasteiger partial charge in [-0.2, -0.15) is 0 Å². The van der Waals surface area contributed by atoms with Gasteiger partial charge in [0.25, 0.3) is 0 Å². The topological polar surface area (TPSA) is 40.1 Å². The summed E-state index contributed by atoms with van der Waals surface area (Å²) >= 11 is 0. The molecule has 1 saturated carbocycles. The van der Waals surface area contributed by atoms with Crippen molar-refractivity contribution in [3.8, 4) is 5.75 Å². The highest BCUT2D eigenvalue weighted by Crippen LogP contribution is 2.34. The number of rotatable bonds is 7. The molecule has 1 atom stereocenters. The van der Waals surface area contributed by atoms with Crippen LogP contribution < -0.4 is 10.1 Å². The van der Waals surface area contributed by atoms with E-state index in [0.717, 1.165) is 56.6 Å². The molecule has 2 aliphatic rings. The summed E-state index contributed by atoms with van der Waals surface area (Å²) in [6, 6.07) is 10.7. The zero-order valence-electron chi connectivity index (χ0n) is 16.9. The van der Waals surface area contributed by atoms with E-state index in [4.69, 9.17) is 9.73 Å². The minimum atomic E-state index is 0. The van der Waals surface area contributed by atoms with Gasteiger partial charge in [-0.05, 0) is 51.9 Å². The Labute approximate surface area is 181 Å². The predicted octanol–water partition coefficient (Wildman–Crippen LogP) is 3.45. The lowest BCUT2D eigenvalue weighted by Gasteiger charge is -2.34. The monoisotopic (exact) mass is 486 g/mol. The SMILES string of the molecule is CCNC(=NCC(C1CC1)N(C)C)N1CCC(Oc2ccccc2)CC1.I. The molecule has 152 valence electrons. The van der Waals surface area contributed by atoms with Crippen LogP contribution in [-0.2, 0) is 0 Å². The van der Waals surface area contributed by atoms with Crippen molar-refractivity contribution in [2.45, 2.75) is 44.8 Å². The third kappa shape index (κ3) is 6.82. The molecule has 1 aromatic carbocycles. The van der Waals surface area contributed by atoms with Gasteiger partial charge < -0.3 is 19.9 Å². The van der Waals surface area contributed by atoms with Crippen LogP contribution in [0.25, 0.3) is 0 Å². The van der Waals surface area contributed by atoms with E-state index in [-0.39, 0.29) is 24.0 Å². The number of para-hydroxylation sites is 1. The summed E-state index contributed by atoms with van der Waals surface area (Å²) in [5.74, 6) is 2.88. The fraction of sp³-hybridized carbons (Fsp3) is 0.667. The number of nitrogens with one attached hydrogen (secondary N) is 1. The van der Waals surface area contributed by atoms with Crippen LogP contribution >= 0.6 is 24.0 Å². The highest BCUT2D eigenvalue weighted by Gasteiger charge is 2.32. The van der Waals surface area contributed by atoms with Crippen LogP contribution in [0.5, 0.6) is 5.75 Å². The highest BCUT2D eigenvalue weighted by atomic mass is 127. The van der Waals surface area contributed by atoms with Crippen molar-refractivity contribution in [1.82, 2.24) is 15.1 Å². The minimum absolute atomic E-state index is 0. The van der Waals surface area contributed by atoms with E-state index >= 15 is 0 Å². The molecule has 1 aliphatic heterocycles. The van der Waals surface area contributed by atoms with Crippen LogP contribution in [0.3, 0.4) is 0 Å². The van der Waals surface area contributed by atoms with Gasteiger partial charge in [0.2, 0.25) is 0 Å². The number of likely N-dealkylation sites (tertiary alicyclic amines) is 1. The summed E-state index contributed by atoms with van der Waals surface area (Å²) in [6.07, 6.45) is 5.10. The van der Waals surface area contributed by atoms with Crippen molar-refractivity contribution in [3.05, 3.63) is 30.3 Å². The molecule has 0 bridgehead atoms. The van der Waals surface area contributed by atoms with E-state index in [1.54, 1.807) is 0 Å². The van der Waals surface area contributed by atoms with Gasteiger partial charge in [0, 0.05) is 38.5 Å². The van der Waals surface area contributed by atoms with Crippen molar-refractivity contribution in [2.75, 3.05) is 40.3 Å². The third-order valence-electron chi connectivity index (χ3n) is 5.38. The molecule has 27 heavy (non-hydrogen) atoms. The number of nitrogens with zero attached hydrogens (tertiary/aromatic N) is 3. The lowest BCUT2D eigenvalue weighted by Crippen LogP contribution is -2.48. The smallest absolute Gasteiger partial charge is 0.193 e. The van der Waals surface area contributed by atoms with Gasteiger partial charge in [-0.25, -0.2) is 0 Å². The van der Waals surface area contributed by atoms with Crippen LogP contribution in [0.15, 0.2) is 35.3 Å². The lowest BCUT2D eigenvalue weighted by atomic mass is 10.1. The van der Waals surface area contributed by atoms with E-state index in [0.29, 0.717) is 12.1 Å². The first-order chi connectivity index (χ1) is 12.7. The highest BCUT2D eigenvalue weighted by molar-refractivity contribution is 14.0. The first kappa shape index (κ1) is 22.3. The minimum Gasteiger partial charge on any atom is -0.490 e. The average Bonchev–Trinajstić information content (AvgIpc) is 3.47. The number of halogens is 1. The fourth-order valence-electron chi connectivity index (χ4n) is 3.70. The van der Waals surface area contributed by atoms with Crippen molar-refractivity contribution < 1.29 is 4.74 Å². The van der Waals surface area contributed by atoms with Crippen LogP contribution in [0, 0.1) is 5.92 Å². The second-order valence-corrected chi connectivity index (χ2v) is 7.68. The molecular weight excluding hydrogens is 451 g/mol. The molecule has 0 radical (unpaired) electrons. The standard InChI is InChI=1S/C21H34N4O.HI/c1-4-22-21(23-16-20(24(2)3)17-10-11-17)25-14-12-19(13-15-25)26-18-8-6-5-7-9-18;/h5-9,17,19-20H,4,10-16H2,1-3H3,(H,22,23);1H. The van der Waals surface area contributed by atoms with Gasteiger partial charge in [-0.3, -0.25) is 4.99 Å². The number of hydrogen-bond acceptors (Lipinski definition) is 3. The van der Waals surface area contributed by atoms with Crippen LogP contribution in [0.4, 0.5) is 0 Å². The Bertz CT molecular complexity index is 567. The van der Waals surface area contributed by atoms with Crippen LogP contribution in [-0.4, -0.2) is 68.2 Å². The summed E-state index contributed by atoms with van der Waals surface area (Å²) in [5.41, 5.74) is 0. The Balaban J connectivity index is 0.00000261. The molecule has 6 heteroatoms. The lowest BCUT2D eigenvalue weighted by molar-refractivity contribution is 0.129. The zero-order valence-corrected chi connectivity index (χ0v) is 19.3. The molecule has 0 amide bonds. The van der Waals surface area contributed by atoms with Crippen LogP contribution in [0.1, 0.15) is 32.6 Å². The van der Waals surface area contributed by atoms with Gasteiger partial charge in [0.1, 0.15) is 11.9 Å². The van der Waals surface area contributed by atoms with E-state index in [2.05, 4.69) is 36.1 Å². The number of piperidine rings is 1.